The maximum atomic E-state index is 12.6. The summed E-state index contributed by atoms with van der Waals surface area (Å²) in [6, 6.07) is 5.27. The third-order valence-corrected chi connectivity index (χ3v) is 3.43. The number of carbonyl (C=O) groups is 2. The highest BCUT2D eigenvalue weighted by atomic mass is 16.2. The minimum atomic E-state index is -0.425. The molecular formula is C14H19N3O2. The van der Waals surface area contributed by atoms with Crippen LogP contribution in [0.5, 0.6) is 0 Å². The largest absolute Gasteiger partial charge is 0.387 e. The molecule has 1 saturated heterocycles. The molecule has 1 unspecified atom stereocenters. The number of carbonyl (C=O) groups excluding carboxylic acids is 2. The Balaban J connectivity index is 2.33. The SMILES string of the molecule is CNc1ccc(C)cc1C(=O)N1CCNC(=O)C1C. The molecular weight excluding hydrogens is 242 g/mol. The molecule has 1 aliphatic heterocycles. The lowest BCUT2D eigenvalue weighted by Gasteiger charge is -2.33. The number of amides is 2. The topological polar surface area (TPSA) is 61.4 Å². The average molecular weight is 261 g/mol. The van der Waals surface area contributed by atoms with E-state index in [1.54, 1.807) is 18.9 Å². The number of benzene rings is 1. The minimum absolute atomic E-state index is 0.0988. The standard InChI is InChI=1S/C14H19N3O2/c1-9-4-5-12(15-3)11(8-9)14(19)17-7-6-16-13(18)10(17)2/h4-5,8,10,15H,6-7H2,1-3H3,(H,16,18). The summed E-state index contributed by atoms with van der Waals surface area (Å²) in [5.74, 6) is -0.200. The predicted molar refractivity (Wildman–Crippen MR) is 74.2 cm³/mol. The molecule has 2 rings (SSSR count). The lowest BCUT2D eigenvalue weighted by molar-refractivity contribution is -0.127. The van der Waals surface area contributed by atoms with Gasteiger partial charge in [0, 0.05) is 25.8 Å². The van der Waals surface area contributed by atoms with E-state index in [-0.39, 0.29) is 11.8 Å². The molecule has 1 heterocycles. The van der Waals surface area contributed by atoms with Gasteiger partial charge in [0.2, 0.25) is 5.91 Å². The number of nitrogens with zero attached hydrogens (tertiary/aromatic N) is 1. The van der Waals surface area contributed by atoms with Crippen molar-refractivity contribution in [2.24, 2.45) is 0 Å². The number of anilines is 1. The predicted octanol–water partition coefficient (Wildman–Crippen LogP) is 0.997. The molecule has 5 heteroatoms. The van der Waals surface area contributed by atoms with Crippen LogP contribution < -0.4 is 10.6 Å². The van der Waals surface area contributed by atoms with E-state index in [0.717, 1.165) is 11.3 Å². The zero-order chi connectivity index (χ0) is 14.0. The Kier molecular flexibility index (Phi) is 3.74. The van der Waals surface area contributed by atoms with Gasteiger partial charge in [-0.1, -0.05) is 11.6 Å². The van der Waals surface area contributed by atoms with E-state index in [1.807, 2.05) is 25.1 Å². The van der Waals surface area contributed by atoms with Crippen molar-refractivity contribution in [2.45, 2.75) is 19.9 Å². The fraction of sp³-hybridized carbons (Fsp3) is 0.429. The van der Waals surface area contributed by atoms with Crippen LogP contribution in [0.1, 0.15) is 22.8 Å². The molecule has 0 aliphatic carbocycles. The van der Waals surface area contributed by atoms with E-state index in [9.17, 15) is 9.59 Å². The number of hydrogen-bond acceptors (Lipinski definition) is 3. The minimum Gasteiger partial charge on any atom is -0.387 e. The molecule has 102 valence electrons. The van der Waals surface area contributed by atoms with Gasteiger partial charge in [-0.25, -0.2) is 0 Å². The van der Waals surface area contributed by atoms with Crippen molar-refractivity contribution in [3.8, 4) is 0 Å². The van der Waals surface area contributed by atoms with E-state index < -0.39 is 6.04 Å². The number of aryl methyl sites for hydroxylation is 1. The second-order valence-electron chi connectivity index (χ2n) is 4.76. The lowest BCUT2D eigenvalue weighted by Crippen LogP contribution is -2.55. The molecule has 1 aromatic rings. The number of hydrogen-bond donors (Lipinski definition) is 2. The molecule has 2 N–H and O–H groups in total. The molecule has 0 aromatic heterocycles. The average Bonchev–Trinajstić information content (AvgIpc) is 2.41. The second kappa shape index (κ2) is 5.30. The van der Waals surface area contributed by atoms with Crippen molar-refractivity contribution in [1.29, 1.82) is 0 Å². The Bertz CT molecular complexity index is 513. The van der Waals surface area contributed by atoms with Gasteiger partial charge in [0.05, 0.1) is 5.56 Å². The maximum absolute atomic E-state index is 12.6. The van der Waals surface area contributed by atoms with Gasteiger partial charge >= 0.3 is 0 Å². The van der Waals surface area contributed by atoms with Crippen LogP contribution in [0.25, 0.3) is 0 Å². The van der Waals surface area contributed by atoms with Crippen molar-refractivity contribution < 1.29 is 9.59 Å². The van der Waals surface area contributed by atoms with Gasteiger partial charge in [0.1, 0.15) is 6.04 Å². The Morgan fingerprint density at radius 3 is 2.89 bits per heavy atom. The Labute approximate surface area is 113 Å². The van der Waals surface area contributed by atoms with Crippen LogP contribution in [-0.2, 0) is 4.79 Å². The number of rotatable bonds is 2. The van der Waals surface area contributed by atoms with Crippen LogP contribution in [0, 0.1) is 6.92 Å². The van der Waals surface area contributed by atoms with Crippen molar-refractivity contribution in [1.82, 2.24) is 10.2 Å². The van der Waals surface area contributed by atoms with Crippen LogP contribution in [0.15, 0.2) is 18.2 Å². The normalized spacial score (nSPS) is 19.0. The van der Waals surface area contributed by atoms with Gasteiger partial charge < -0.3 is 15.5 Å². The molecule has 19 heavy (non-hydrogen) atoms. The fourth-order valence-electron chi connectivity index (χ4n) is 2.27. The van der Waals surface area contributed by atoms with Crippen molar-refractivity contribution >= 4 is 17.5 Å². The first-order chi connectivity index (χ1) is 9.04. The molecule has 0 spiro atoms. The molecule has 1 aliphatic rings. The van der Waals surface area contributed by atoms with Gasteiger partial charge in [0.15, 0.2) is 0 Å². The van der Waals surface area contributed by atoms with Crippen LogP contribution in [-0.4, -0.2) is 42.9 Å². The summed E-state index contributed by atoms with van der Waals surface area (Å²) in [6.45, 7) is 4.75. The van der Waals surface area contributed by atoms with Crippen molar-refractivity contribution in [3.63, 3.8) is 0 Å². The third kappa shape index (κ3) is 2.54. The Morgan fingerprint density at radius 1 is 1.47 bits per heavy atom. The van der Waals surface area contributed by atoms with E-state index in [0.29, 0.717) is 18.7 Å². The highest BCUT2D eigenvalue weighted by molar-refractivity contribution is 6.02. The smallest absolute Gasteiger partial charge is 0.256 e. The van der Waals surface area contributed by atoms with Gasteiger partial charge in [-0.15, -0.1) is 0 Å². The monoisotopic (exact) mass is 261 g/mol. The summed E-state index contributed by atoms with van der Waals surface area (Å²) in [7, 11) is 1.79. The summed E-state index contributed by atoms with van der Waals surface area (Å²) < 4.78 is 0. The van der Waals surface area contributed by atoms with Crippen LogP contribution in [0.2, 0.25) is 0 Å². The molecule has 0 radical (unpaired) electrons. The summed E-state index contributed by atoms with van der Waals surface area (Å²) in [6.07, 6.45) is 0. The van der Waals surface area contributed by atoms with Gasteiger partial charge in [-0.3, -0.25) is 9.59 Å². The summed E-state index contributed by atoms with van der Waals surface area (Å²) in [5, 5.41) is 5.78. The van der Waals surface area contributed by atoms with E-state index in [1.165, 1.54) is 0 Å². The van der Waals surface area contributed by atoms with Crippen LogP contribution >= 0.6 is 0 Å². The first-order valence-electron chi connectivity index (χ1n) is 6.41. The van der Waals surface area contributed by atoms with E-state index >= 15 is 0 Å². The maximum Gasteiger partial charge on any atom is 0.256 e. The Hall–Kier alpha value is -2.04. The molecule has 5 nitrogen and oxygen atoms in total. The second-order valence-corrected chi connectivity index (χ2v) is 4.76. The summed E-state index contributed by atoms with van der Waals surface area (Å²) >= 11 is 0. The molecule has 1 atom stereocenters. The molecule has 0 bridgehead atoms. The third-order valence-electron chi connectivity index (χ3n) is 3.43. The first kappa shape index (κ1) is 13.4. The molecule has 1 fully saturated rings. The van der Waals surface area contributed by atoms with Gasteiger partial charge in [0.25, 0.3) is 5.91 Å². The number of nitrogens with one attached hydrogen (secondary N) is 2. The first-order valence-corrected chi connectivity index (χ1v) is 6.41. The quantitative estimate of drug-likeness (QED) is 0.835. The Morgan fingerprint density at radius 2 is 2.21 bits per heavy atom. The van der Waals surface area contributed by atoms with Crippen LogP contribution in [0.3, 0.4) is 0 Å². The van der Waals surface area contributed by atoms with Crippen molar-refractivity contribution in [3.05, 3.63) is 29.3 Å². The highest BCUT2D eigenvalue weighted by Crippen LogP contribution is 2.20. The summed E-state index contributed by atoms with van der Waals surface area (Å²) in [4.78, 5) is 25.9. The van der Waals surface area contributed by atoms with E-state index in [4.69, 9.17) is 0 Å². The number of piperazine rings is 1. The highest BCUT2D eigenvalue weighted by Gasteiger charge is 2.30. The zero-order valence-electron chi connectivity index (χ0n) is 11.5. The molecule has 2 amide bonds. The molecule has 0 saturated carbocycles. The summed E-state index contributed by atoms with van der Waals surface area (Å²) in [5.41, 5.74) is 2.43. The van der Waals surface area contributed by atoms with E-state index in [2.05, 4.69) is 10.6 Å². The van der Waals surface area contributed by atoms with Gasteiger partial charge in [-0.05, 0) is 26.0 Å². The fourth-order valence-corrected chi connectivity index (χ4v) is 2.27. The molecule has 1 aromatic carbocycles. The van der Waals surface area contributed by atoms with Crippen molar-refractivity contribution in [2.75, 3.05) is 25.5 Å². The lowest BCUT2D eigenvalue weighted by atomic mass is 10.1. The van der Waals surface area contributed by atoms with Crippen LogP contribution in [0.4, 0.5) is 5.69 Å². The van der Waals surface area contributed by atoms with Gasteiger partial charge in [-0.2, -0.15) is 0 Å². The zero-order valence-corrected chi connectivity index (χ0v) is 11.5.